The molecule has 0 aromatic heterocycles. The van der Waals surface area contributed by atoms with Crippen molar-refractivity contribution in [3.05, 3.63) is 23.8 Å². The van der Waals surface area contributed by atoms with E-state index in [1.165, 1.54) is 0 Å². The molecule has 2 rings (SSSR count). The van der Waals surface area contributed by atoms with E-state index in [0.717, 1.165) is 5.56 Å². The zero-order chi connectivity index (χ0) is 14.2. The first kappa shape index (κ1) is 14.6. The number of rotatable bonds is 1. The number of hydrogen-bond acceptors (Lipinski definition) is 6. The summed E-state index contributed by atoms with van der Waals surface area (Å²) in [5.74, 6) is 1.25. The van der Waals surface area contributed by atoms with Crippen LogP contribution in [0, 0.1) is 0 Å². The summed E-state index contributed by atoms with van der Waals surface area (Å²) in [6, 6.07) is 5.41. The molecule has 0 atom stereocenters. The fourth-order valence-corrected chi connectivity index (χ4v) is 1.77. The number of hydrogen-bond donors (Lipinski definition) is 1. The number of nitrogens with zero attached hydrogens (tertiary/aromatic N) is 1. The first-order valence-electron chi connectivity index (χ1n) is 6.55. The van der Waals surface area contributed by atoms with Gasteiger partial charge in [0.05, 0.1) is 32.1 Å². The number of ether oxygens (including phenoxy) is 4. The minimum Gasteiger partial charge on any atom is -0.487 e. The van der Waals surface area contributed by atoms with Crippen molar-refractivity contribution in [1.82, 2.24) is 0 Å². The molecular formula is C14H19NO5. The van der Waals surface area contributed by atoms with Crippen LogP contribution in [-0.2, 0) is 9.47 Å². The van der Waals surface area contributed by atoms with Crippen LogP contribution in [0.15, 0.2) is 23.4 Å². The Morgan fingerprint density at radius 1 is 0.950 bits per heavy atom. The molecule has 0 aliphatic carbocycles. The van der Waals surface area contributed by atoms with Gasteiger partial charge in [0.15, 0.2) is 11.5 Å². The zero-order valence-corrected chi connectivity index (χ0v) is 11.5. The van der Waals surface area contributed by atoms with Gasteiger partial charge >= 0.3 is 0 Å². The maximum Gasteiger partial charge on any atom is 0.161 e. The molecule has 6 heteroatoms. The van der Waals surface area contributed by atoms with Gasteiger partial charge in [0.1, 0.15) is 13.2 Å². The molecule has 0 radical (unpaired) electrons. The van der Waals surface area contributed by atoms with E-state index >= 15 is 0 Å². The third kappa shape index (κ3) is 4.11. The predicted octanol–water partition coefficient (Wildman–Crippen LogP) is 1.69. The number of fused-ring (bicyclic) bond motifs is 1. The number of benzene rings is 1. The molecule has 0 spiro atoms. The van der Waals surface area contributed by atoms with Crippen LogP contribution < -0.4 is 9.47 Å². The topological polar surface area (TPSA) is 69.5 Å². The van der Waals surface area contributed by atoms with Gasteiger partial charge in [-0.15, -0.1) is 0 Å². The van der Waals surface area contributed by atoms with Crippen LogP contribution in [0.3, 0.4) is 0 Å². The summed E-state index contributed by atoms with van der Waals surface area (Å²) in [7, 11) is 0. The molecule has 0 amide bonds. The lowest BCUT2D eigenvalue weighted by Crippen LogP contribution is -2.16. The van der Waals surface area contributed by atoms with E-state index < -0.39 is 0 Å². The van der Waals surface area contributed by atoms with Gasteiger partial charge < -0.3 is 24.2 Å². The lowest BCUT2D eigenvalue weighted by Gasteiger charge is -2.15. The van der Waals surface area contributed by atoms with Crippen LogP contribution in [-0.4, -0.2) is 50.6 Å². The first-order valence-corrected chi connectivity index (χ1v) is 6.55. The zero-order valence-electron chi connectivity index (χ0n) is 11.5. The summed E-state index contributed by atoms with van der Waals surface area (Å²) in [6.07, 6.45) is 0. The molecule has 1 aromatic rings. The molecule has 1 aromatic carbocycles. The van der Waals surface area contributed by atoms with Crippen molar-refractivity contribution in [2.45, 2.75) is 6.92 Å². The highest BCUT2D eigenvalue weighted by molar-refractivity contribution is 5.98. The highest BCUT2D eigenvalue weighted by atomic mass is 16.6. The molecule has 20 heavy (non-hydrogen) atoms. The second kappa shape index (κ2) is 7.72. The molecule has 0 saturated carbocycles. The second-order valence-corrected chi connectivity index (χ2v) is 4.27. The Kier molecular flexibility index (Phi) is 5.64. The molecule has 0 bridgehead atoms. The third-order valence-electron chi connectivity index (χ3n) is 2.85. The van der Waals surface area contributed by atoms with Gasteiger partial charge in [-0.1, -0.05) is 5.16 Å². The molecule has 1 N–H and O–H groups in total. The first-order chi connectivity index (χ1) is 9.81. The maximum absolute atomic E-state index is 8.82. The number of oxime groups is 1. The van der Waals surface area contributed by atoms with Crippen molar-refractivity contribution in [3.8, 4) is 11.5 Å². The summed E-state index contributed by atoms with van der Waals surface area (Å²) in [5.41, 5.74) is 1.29. The van der Waals surface area contributed by atoms with Gasteiger partial charge in [-0.2, -0.15) is 0 Å². The highest BCUT2D eigenvalue weighted by Gasteiger charge is 2.09. The SMILES string of the molecule is C/C(=N/O)c1ccc2c(c1)OCCOCCOCCO2. The Balaban J connectivity index is 2.16. The van der Waals surface area contributed by atoms with E-state index in [2.05, 4.69) is 5.16 Å². The Morgan fingerprint density at radius 3 is 2.20 bits per heavy atom. The van der Waals surface area contributed by atoms with Crippen molar-refractivity contribution in [1.29, 1.82) is 0 Å². The van der Waals surface area contributed by atoms with E-state index in [9.17, 15) is 0 Å². The molecule has 1 aliphatic rings. The lowest BCUT2D eigenvalue weighted by molar-refractivity contribution is 0.0223. The third-order valence-corrected chi connectivity index (χ3v) is 2.85. The average molecular weight is 281 g/mol. The molecule has 1 aliphatic heterocycles. The van der Waals surface area contributed by atoms with Crippen molar-refractivity contribution in [3.63, 3.8) is 0 Å². The summed E-state index contributed by atoms with van der Waals surface area (Å²) in [4.78, 5) is 0. The Hall–Kier alpha value is -1.79. The van der Waals surface area contributed by atoms with Gasteiger partial charge in [-0.25, -0.2) is 0 Å². The fraction of sp³-hybridized carbons (Fsp3) is 0.500. The molecule has 6 nitrogen and oxygen atoms in total. The molecule has 1 heterocycles. The Bertz CT molecular complexity index is 461. The van der Waals surface area contributed by atoms with Crippen molar-refractivity contribution in [2.75, 3.05) is 39.6 Å². The highest BCUT2D eigenvalue weighted by Crippen LogP contribution is 2.28. The van der Waals surface area contributed by atoms with Crippen LogP contribution in [0.1, 0.15) is 12.5 Å². The standard InChI is InChI=1S/C14H19NO5/c1-11(15-16)12-2-3-13-14(10-12)20-9-7-18-5-4-17-6-8-19-13/h2-3,10,16H,4-9H2,1H3/b15-11-. The molecular weight excluding hydrogens is 262 g/mol. The molecule has 0 unspecified atom stereocenters. The summed E-state index contributed by atoms with van der Waals surface area (Å²) >= 11 is 0. The lowest BCUT2D eigenvalue weighted by atomic mass is 10.1. The van der Waals surface area contributed by atoms with Crippen LogP contribution in [0.2, 0.25) is 0 Å². The monoisotopic (exact) mass is 281 g/mol. The molecule has 0 saturated heterocycles. The van der Waals surface area contributed by atoms with Crippen molar-refractivity contribution in [2.24, 2.45) is 5.16 Å². The summed E-state index contributed by atoms with van der Waals surface area (Å²) in [5, 5.41) is 12.0. The van der Waals surface area contributed by atoms with Crippen LogP contribution in [0.25, 0.3) is 0 Å². The van der Waals surface area contributed by atoms with Gasteiger partial charge in [0, 0.05) is 5.56 Å². The minimum absolute atomic E-state index is 0.426. The van der Waals surface area contributed by atoms with Crippen molar-refractivity contribution < 1.29 is 24.2 Å². The second-order valence-electron chi connectivity index (χ2n) is 4.27. The quantitative estimate of drug-likeness (QED) is 0.482. The van der Waals surface area contributed by atoms with Crippen LogP contribution in [0.5, 0.6) is 11.5 Å². The normalized spacial score (nSPS) is 17.9. The average Bonchev–Trinajstić information content (AvgIpc) is 2.47. The van der Waals surface area contributed by atoms with Gasteiger partial charge in [-0.3, -0.25) is 0 Å². The molecule has 0 fully saturated rings. The van der Waals surface area contributed by atoms with E-state index in [1.807, 2.05) is 6.07 Å². The maximum atomic E-state index is 8.82. The van der Waals surface area contributed by atoms with Gasteiger partial charge in [0.25, 0.3) is 0 Å². The van der Waals surface area contributed by atoms with E-state index in [1.54, 1.807) is 19.1 Å². The fourth-order valence-electron chi connectivity index (χ4n) is 1.77. The van der Waals surface area contributed by atoms with E-state index in [0.29, 0.717) is 56.9 Å². The Morgan fingerprint density at radius 2 is 1.55 bits per heavy atom. The van der Waals surface area contributed by atoms with Gasteiger partial charge in [0.2, 0.25) is 0 Å². The van der Waals surface area contributed by atoms with E-state index in [-0.39, 0.29) is 0 Å². The smallest absolute Gasteiger partial charge is 0.161 e. The molecule has 110 valence electrons. The van der Waals surface area contributed by atoms with Crippen LogP contribution in [0.4, 0.5) is 0 Å². The van der Waals surface area contributed by atoms with Crippen molar-refractivity contribution >= 4 is 5.71 Å². The predicted molar refractivity (Wildman–Crippen MR) is 73.1 cm³/mol. The summed E-state index contributed by atoms with van der Waals surface area (Å²) in [6.45, 7) is 4.68. The minimum atomic E-state index is 0.426. The summed E-state index contributed by atoms with van der Waals surface area (Å²) < 4.78 is 22.0. The largest absolute Gasteiger partial charge is 0.487 e. The van der Waals surface area contributed by atoms with Crippen LogP contribution >= 0.6 is 0 Å². The van der Waals surface area contributed by atoms with Gasteiger partial charge in [-0.05, 0) is 25.1 Å². The Labute approximate surface area is 117 Å². The van der Waals surface area contributed by atoms with E-state index in [4.69, 9.17) is 24.2 Å².